The van der Waals surface area contributed by atoms with Crippen LogP contribution >= 0.6 is 0 Å². The van der Waals surface area contributed by atoms with Crippen LogP contribution in [0.4, 0.5) is 26.3 Å². The van der Waals surface area contributed by atoms with Gasteiger partial charge in [0.1, 0.15) is 13.2 Å². The molecule has 2 aromatic rings. The number of hydrogen-bond acceptors (Lipinski definition) is 6. The lowest BCUT2D eigenvalue weighted by atomic mass is 9.86. The SMILES string of the molecule is COc1ccc(C2OC(C(F)(F)F)C2C)cc1OCCOc1cc(C2OC(C(F)(F)F)C2C)ccc1OC. The highest BCUT2D eigenvalue weighted by Gasteiger charge is 2.56. The molecule has 0 amide bonds. The van der Waals surface area contributed by atoms with E-state index in [4.69, 9.17) is 28.4 Å². The third kappa shape index (κ3) is 5.61. The smallest absolute Gasteiger partial charge is 0.415 e. The number of alkyl halides is 6. The highest BCUT2D eigenvalue weighted by molar-refractivity contribution is 5.45. The highest BCUT2D eigenvalue weighted by atomic mass is 19.4. The first-order valence-electron chi connectivity index (χ1n) is 11.9. The Labute approximate surface area is 215 Å². The number of hydrogen-bond donors (Lipinski definition) is 0. The van der Waals surface area contributed by atoms with Gasteiger partial charge in [-0.3, -0.25) is 0 Å². The minimum atomic E-state index is -4.43. The first kappa shape index (κ1) is 28.2. The molecule has 2 aliphatic rings. The molecule has 2 aromatic carbocycles. The average molecular weight is 550 g/mol. The van der Waals surface area contributed by atoms with Gasteiger partial charge in [0.05, 0.1) is 26.4 Å². The molecule has 0 radical (unpaired) electrons. The summed E-state index contributed by atoms with van der Waals surface area (Å²) >= 11 is 0. The van der Waals surface area contributed by atoms with Gasteiger partial charge in [0.2, 0.25) is 0 Å². The van der Waals surface area contributed by atoms with Crippen molar-refractivity contribution < 1.29 is 54.8 Å². The molecule has 38 heavy (non-hydrogen) atoms. The molecular formula is C26H28F6O6. The Balaban J connectivity index is 1.37. The quantitative estimate of drug-likeness (QED) is 0.265. The average Bonchev–Trinajstić information content (AvgIpc) is 2.83. The van der Waals surface area contributed by atoms with E-state index in [1.807, 2.05) is 0 Å². The summed E-state index contributed by atoms with van der Waals surface area (Å²) in [6, 6.07) is 9.56. The van der Waals surface area contributed by atoms with Crippen LogP contribution in [-0.4, -0.2) is 52.0 Å². The van der Waals surface area contributed by atoms with Gasteiger partial charge in [-0.2, -0.15) is 26.3 Å². The zero-order chi connectivity index (χ0) is 27.8. The van der Waals surface area contributed by atoms with Crippen LogP contribution in [-0.2, 0) is 9.47 Å². The molecule has 0 saturated carbocycles. The van der Waals surface area contributed by atoms with Gasteiger partial charge >= 0.3 is 12.4 Å². The Kier molecular flexibility index (Phi) is 7.94. The molecular weight excluding hydrogens is 522 g/mol. The number of benzene rings is 2. The molecule has 210 valence electrons. The topological polar surface area (TPSA) is 55.4 Å². The van der Waals surface area contributed by atoms with E-state index in [1.54, 1.807) is 36.4 Å². The van der Waals surface area contributed by atoms with E-state index in [1.165, 1.54) is 28.1 Å². The molecule has 6 atom stereocenters. The summed E-state index contributed by atoms with van der Waals surface area (Å²) in [4.78, 5) is 0. The molecule has 2 heterocycles. The van der Waals surface area contributed by atoms with E-state index in [0.29, 0.717) is 34.1 Å². The van der Waals surface area contributed by atoms with Gasteiger partial charge in [-0.05, 0) is 35.4 Å². The Morgan fingerprint density at radius 3 is 1.29 bits per heavy atom. The highest BCUT2D eigenvalue weighted by Crippen LogP contribution is 2.50. The molecule has 0 aliphatic carbocycles. The van der Waals surface area contributed by atoms with Gasteiger partial charge < -0.3 is 28.4 Å². The number of methoxy groups -OCH3 is 2. The van der Waals surface area contributed by atoms with Crippen LogP contribution < -0.4 is 18.9 Å². The van der Waals surface area contributed by atoms with Gasteiger partial charge in [-0.25, -0.2) is 0 Å². The third-order valence-electron chi connectivity index (χ3n) is 6.77. The summed E-state index contributed by atoms with van der Waals surface area (Å²) in [7, 11) is 2.87. The first-order valence-corrected chi connectivity index (χ1v) is 11.9. The maximum absolute atomic E-state index is 13.0. The summed E-state index contributed by atoms with van der Waals surface area (Å²) < 4.78 is 110. The zero-order valence-electron chi connectivity index (χ0n) is 21.1. The Bertz CT molecular complexity index is 1030. The normalized spacial score (nSPS) is 27.2. The van der Waals surface area contributed by atoms with Crippen molar-refractivity contribution in [3.63, 3.8) is 0 Å². The van der Waals surface area contributed by atoms with E-state index in [0.717, 1.165) is 0 Å². The van der Waals surface area contributed by atoms with Gasteiger partial charge in [-0.15, -0.1) is 0 Å². The molecule has 0 aromatic heterocycles. The molecule has 4 rings (SSSR count). The van der Waals surface area contributed by atoms with Gasteiger partial charge in [0.15, 0.2) is 35.2 Å². The zero-order valence-corrected chi connectivity index (χ0v) is 21.1. The lowest BCUT2D eigenvalue weighted by Crippen LogP contribution is -2.50. The Morgan fingerprint density at radius 2 is 1.00 bits per heavy atom. The van der Waals surface area contributed by atoms with E-state index in [2.05, 4.69) is 0 Å². The fraction of sp³-hybridized carbons (Fsp3) is 0.538. The fourth-order valence-electron chi connectivity index (χ4n) is 4.73. The Morgan fingerprint density at radius 1 is 0.632 bits per heavy atom. The monoisotopic (exact) mass is 550 g/mol. The molecule has 2 fully saturated rings. The van der Waals surface area contributed by atoms with E-state index in [-0.39, 0.29) is 13.2 Å². The lowest BCUT2D eigenvalue weighted by Gasteiger charge is -2.44. The van der Waals surface area contributed by atoms with E-state index < -0.39 is 48.6 Å². The minimum absolute atomic E-state index is 0.0337. The van der Waals surface area contributed by atoms with E-state index >= 15 is 0 Å². The maximum atomic E-state index is 13.0. The molecule has 12 heteroatoms. The summed E-state index contributed by atoms with van der Waals surface area (Å²) in [5, 5.41) is 0. The lowest BCUT2D eigenvalue weighted by molar-refractivity contribution is -0.317. The van der Waals surface area contributed by atoms with Crippen molar-refractivity contribution in [1.82, 2.24) is 0 Å². The van der Waals surface area contributed by atoms with Crippen molar-refractivity contribution in [2.24, 2.45) is 11.8 Å². The second-order valence-electron chi connectivity index (χ2n) is 9.27. The predicted octanol–water partition coefficient (Wildman–Crippen LogP) is 6.44. The summed E-state index contributed by atoms with van der Waals surface area (Å²) in [6.45, 7) is 3.02. The summed E-state index contributed by atoms with van der Waals surface area (Å²) in [5.74, 6) is -0.154. The van der Waals surface area contributed by atoms with Gasteiger partial charge in [0.25, 0.3) is 0 Å². The predicted molar refractivity (Wildman–Crippen MR) is 123 cm³/mol. The van der Waals surface area contributed by atoms with Crippen LogP contribution in [0.1, 0.15) is 37.2 Å². The van der Waals surface area contributed by atoms with Crippen LogP contribution in [0.25, 0.3) is 0 Å². The largest absolute Gasteiger partial charge is 0.493 e. The minimum Gasteiger partial charge on any atom is -0.493 e. The van der Waals surface area contributed by atoms with Crippen LogP contribution in [0.2, 0.25) is 0 Å². The second kappa shape index (κ2) is 10.7. The van der Waals surface area contributed by atoms with Gasteiger partial charge in [0, 0.05) is 11.8 Å². The second-order valence-corrected chi connectivity index (χ2v) is 9.27. The van der Waals surface area contributed by atoms with Crippen molar-refractivity contribution in [3.05, 3.63) is 47.5 Å². The van der Waals surface area contributed by atoms with Crippen molar-refractivity contribution >= 4 is 0 Å². The fourth-order valence-corrected chi connectivity index (χ4v) is 4.73. The number of ether oxygens (including phenoxy) is 6. The maximum Gasteiger partial charge on any atom is 0.415 e. The third-order valence-corrected chi connectivity index (χ3v) is 6.77. The van der Waals surface area contributed by atoms with Gasteiger partial charge in [-0.1, -0.05) is 26.0 Å². The van der Waals surface area contributed by atoms with Crippen molar-refractivity contribution in [2.45, 2.75) is 50.6 Å². The van der Waals surface area contributed by atoms with Crippen LogP contribution in [0.15, 0.2) is 36.4 Å². The van der Waals surface area contributed by atoms with Crippen LogP contribution in [0.3, 0.4) is 0 Å². The molecule has 2 saturated heterocycles. The summed E-state index contributed by atoms with van der Waals surface area (Å²) in [6.07, 6.45) is -13.9. The molecule has 6 unspecified atom stereocenters. The van der Waals surface area contributed by atoms with Crippen molar-refractivity contribution in [3.8, 4) is 23.0 Å². The molecule has 6 nitrogen and oxygen atoms in total. The molecule has 0 spiro atoms. The Hall–Kier alpha value is -2.86. The van der Waals surface area contributed by atoms with E-state index in [9.17, 15) is 26.3 Å². The van der Waals surface area contributed by atoms with Crippen molar-refractivity contribution in [2.75, 3.05) is 27.4 Å². The number of halogens is 6. The molecule has 0 N–H and O–H groups in total. The first-order chi connectivity index (χ1) is 17.8. The summed E-state index contributed by atoms with van der Waals surface area (Å²) in [5.41, 5.74) is 1.05. The van der Waals surface area contributed by atoms with Crippen LogP contribution in [0, 0.1) is 11.8 Å². The molecule has 2 aliphatic heterocycles. The molecule has 0 bridgehead atoms. The van der Waals surface area contributed by atoms with Crippen molar-refractivity contribution in [1.29, 1.82) is 0 Å². The van der Waals surface area contributed by atoms with Crippen LogP contribution in [0.5, 0.6) is 23.0 Å². The number of rotatable bonds is 9. The standard InChI is InChI=1S/C26H28F6O6/c1-13-21(37-23(13)25(27,28)29)15-5-7-17(33-3)19(11-15)35-9-10-36-20-12-16(6-8-18(20)34-4)22-14(2)24(38-22)26(30,31)32/h5-8,11-14,21-24H,9-10H2,1-4H3.